The molecule has 46 heavy (non-hydrogen) atoms. The van der Waals surface area contributed by atoms with Crippen molar-refractivity contribution in [3.8, 4) is 33.9 Å². The van der Waals surface area contributed by atoms with E-state index in [0.29, 0.717) is 51.0 Å². The zero-order valence-corrected chi connectivity index (χ0v) is 26.3. The minimum atomic E-state index is -3.49. The predicted octanol–water partition coefficient (Wildman–Crippen LogP) is 5.72. The maximum Gasteiger partial charge on any atom is 0.209 e. The fraction of sp³-hybridized carbons (Fsp3) is 0.250. The molecule has 0 aliphatic carbocycles. The summed E-state index contributed by atoms with van der Waals surface area (Å²) in [6.07, 6.45) is 5.37. The molecule has 0 bridgehead atoms. The third kappa shape index (κ3) is 6.73. The number of aromatic nitrogens is 6. The number of hydrogen-bond donors (Lipinski definition) is 5. The maximum atomic E-state index is 16.3. The van der Waals surface area contributed by atoms with Crippen LogP contribution in [0.2, 0.25) is 0 Å². The van der Waals surface area contributed by atoms with Crippen molar-refractivity contribution in [2.45, 2.75) is 40.0 Å². The van der Waals surface area contributed by atoms with Crippen LogP contribution in [0, 0.1) is 17.0 Å². The van der Waals surface area contributed by atoms with Gasteiger partial charge in [-0.3, -0.25) is 15.1 Å². The maximum absolute atomic E-state index is 16.3. The molecular formula is C32H32F2N8O3S. The number of fused-ring (bicyclic) bond motifs is 2. The van der Waals surface area contributed by atoms with E-state index >= 15 is 4.39 Å². The largest absolute Gasteiger partial charge is 0.374 e. The number of H-pyrrole nitrogens is 2. The van der Waals surface area contributed by atoms with E-state index < -0.39 is 27.9 Å². The first-order chi connectivity index (χ1) is 21.7. The van der Waals surface area contributed by atoms with Crippen LogP contribution in [0.15, 0.2) is 61.1 Å². The summed E-state index contributed by atoms with van der Waals surface area (Å²) in [4.78, 5) is 16.5. The summed E-state index contributed by atoms with van der Waals surface area (Å²) in [5.74, 6) is -0.842. The molecule has 0 aliphatic heterocycles. The molecule has 238 valence electrons. The van der Waals surface area contributed by atoms with Gasteiger partial charge in [-0.15, -0.1) is 0 Å². The van der Waals surface area contributed by atoms with Crippen molar-refractivity contribution < 1.29 is 22.3 Å². The highest BCUT2D eigenvalue weighted by Crippen LogP contribution is 2.36. The van der Waals surface area contributed by atoms with Crippen molar-refractivity contribution in [2.24, 2.45) is 5.41 Å². The summed E-state index contributed by atoms with van der Waals surface area (Å²) >= 11 is 0. The average Bonchev–Trinajstić information content (AvgIpc) is 3.59. The number of aliphatic hydroxyl groups excluding tert-OH is 1. The van der Waals surface area contributed by atoms with E-state index in [1.165, 1.54) is 18.3 Å². The smallest absolute Gasteiger partial charge is 0.209 e. The second-order valence-corrected chi connectivity index (χ2v) is 14.2. The van der Waals surface area contributed by atoms with Gasteiger partial charge in [-0.25, -0.2) is 26.9 Å². The number of aliphatic hydroxyl groups is 1. The van der Waals surface area contributed by atoms with Crippen molar-refractivity contribution in [1.29, 1.82) is 0 Å². The van der Waals surface area contributed by atoms with E-state index in [1.807, 2.05) is 20.8 Å². The van der Waals surface area contributed by atoms with Crippen molar-refractivity contribution in [2.75, 3.05) is 11.6 Å². The molecule has 6 aromatic rings. The number of aromatic amines is 2. The molecular weight excluding hydrogens is 614 g/mol. The van der Waals surface area contributed by atoms with Crippen molar-refractivity contribution in [1.82, 2.24) is 34.9 Å². The molecule has 0 saturated heterocycles. The highest BCUT2D eigenvalue weighted by molar-refractivity contribution is 7.88. The Kier molecular flexibility index (Phi) is 8.04. The fourth-order valence-electron chi connectivity index (χ4n) is 5.32. The van der Waals surface area contributed by atoms with E-state index in [4.69, 9.17) is 4.98 Å². The number of rotatable bonds is 9. The second kappa shape index (κ2) is 11.9. The number of imidazole rings is 1. The molecule has 14 heteroatoms. The highest BCUT2D eigenvalue weighted by atomic mass is 32.2. The summed E-state index contributed by atoms with van der Waals surface area (Å²) in [7, 11) is -3.49. The molecule has 0 aliphatic rings. The van der Waals surface area contributed by atoms with Crippen LogP contribution in [-0.4, -0.2) is 56.1 Å². The van der Waals surface area contributed by atoms with E-state index in [9.17, 15) is 17.9 Å². The Labute approximate surface area is 263 Å². The van der Waals surface area contributed by atoms with Crippen molar-refractivity contribution in [3.63, 3.8) is 0 Å². The molecule has 0 spiro atoms. The van der Waals surface area contributed by atoms with Gasteiger partial charge in [0.05, 0.1) is 40.3 Å². The van der Waals surface area contributed by atoms with E-state index in [2.05, 4.69) is 35.2 Å². The van der Waals surface area contributed by atoms with Crippen LogP contribution >= 0.6 is 0 Å². The van der Waals surface area contributed by atoms with Crippen molar-refractivity contribution in [3.05, 3.63) is 78.3 Å². The number of hydrogen-bond acceptors (Lipinski definition) is 8. The van der Waals surface area contributed by atoms with Gasteiger partial charge in [-0.2, -0.15) is 5.10 Å². The highest BCUT2D eigenvalue weighted by Gasteiger charge is 2.22. The van der Waals surface area contributed by atoms with Gasteiger partial charge in [-0.05, 0) is 59.9 Å². The summed E-state index contributed by atoms with van der Waals surface area (Å²) in [5, 5.41) is 20.9. The van der Waals surface area contributed by atoms with E-state index in [1.54, 1.807) is 42.7 Å². The molecule has 6 rings (SSSR count). The Morgan fingerprint density at radius 2 is 1.80 bits per heavy atom. The van der Waals surface area contributed by atoms with Gasteiger partial charge in [0, 0.05) is 35.6 Å². The fourth-order valence-corrected chi connectivity index (χ4v) is 5.75. The van der Waals surface area contributed by atoms with Gasteiger partial charge in [0.1, 0.15) is 29.1 Å². The Morgan fingerprint density at radius 3 is 2.57 bits per heavy atom. The van der Waals surface area contributed by atoms with Crippen molar-refractivity contribution >= 4 is 37.6 Å². The standard InChI is InChI=1S/C32H32F2N8O3S/c1-32(2,3)13-25(43)38-21-12-19(15-35-16-21)22-5-6-23-26(27(22)34)30(42-41-23)31-39-24-7-8-36-28(29(24)40-31)18-9-17(10-20(33)11-18)14-37-46(4,44)45/h5-12,15-16,25,37-38,43H,13-14H2,1-4H3,(H,39,40)(H,41,42). The lowest BCUT2D eigenvalue weighted by Crippen LogP contribution is -2.25. The molecule has 0 radical (unpaired) electrons. The lowest BCUT2D eigenvalue weighted by molar-refractivity contribution is 0.145. The third-order valence-electron chi connectivity index (χ3n) is 7.25. The molecule has 0 saturated carbocycles. The van der Waals surface area contributed by atoms with Gasteiger partial charge < -0.3 is 15.4 Å². The van der Waals surface area contributed by atoms with Crippen LogP contribution in [0.5, 0.6) is 0 Å². The minimum absolute atomic E-state index is 0.0990. The molecule has 1 atom stereocenters. The SMILES string of the molecule is CC(C)(C)CC(O)Nc1cncc(-c2ccc3[nH]nc(-c4nc5c(-c6cc(F)cc(CNS(C)(=O)=O)c6)nccc5[nH]4)c3c2F)c1. The number of anilines is 1. The van der Waals surface area contributed by atoms with Crippen LogP contribution < -0.4 is 10.0 Å². The normalized spacial score (nSPS) is 13.0. The summed E-state index contributed by atoms with van der Waals surface area (Å²) < 4.78 is 56.4. The topological polar surface area (TPSA) is 162 Å². The van der Waals surface area contributed by atoms with E-state index in [0.717, 1.165) is 6.26 Å². The van der Waals surface area contributed by atoms with Crippen LogP contribution in [0.3, 0.4) is 0 Å². The Morgan fingerprint density at radius 1 is 1.00 bits per heavy atom. The number of nitrogens with one attached hydrogen (secondary N) is 4. The second-order valence-electron chi connectivity index (χ2n) is 12.4. The first-order valence-corrected chi connectivity index (χ1v) is 16.3. The first-order valence-electron chi connectivity index (χ1n) is 14.4. The number of pyridine rings is 2. The van der Waals surface area contributed by atoms with Crippen LogP contribution in [0.1, 0.15) is 32.8 Å². The van der Waals surface area contributed by atoms with Gasteiger partial charge in [0.25, 0.3) is 0 Å². The molecule has 11 nitrogen and oxygen atoms in total. The molecule has 2 aromatic carbocycles. The number of benzene rings is 2. The van der Waals surface area contributed by atoms with Crippen LogP contribution in [0.25, 0.3) is 55.8 Å². The van der Waals surface area contributed by atoms with Crippen LogP contribution in [0.4, 0.5) is 14.5 Å². The van der Waals surface area contributed by atoms with Gasteiger partial charge >= 0.3 is 0 Å². The zero-order chi connectivity index (χ0) is 32.8. The minimum Gasteiger partial charge on any atom is -0.374 e. The molecule has 1 unspecified atom stereocenters. The third-order valence-corrected chi connectivity index (χ3v) is 7.92. The zero-order valence-electron chi connectivity index (χ0n) is 25.5. The summed E-state index contributed by atoms with van der Waals surface area (Å²) in [6.45, 7) is 5.98. The molecule has 4 aromatic heterocycles. The molecule has 0 fully saturated rings. The predicted molar refractivity (Wildman–Crippen MR) is 173 cm³/mol. The molecule has 5 N–H and O–H groups in total. The number of nitrogens with zero attached hydrogens (tertiary/aromatic N) is 4. The lowest BCUT2D eigenvalue weighted by Gasteiger charge is -2.23. The van der Waals surface area contributed by atoms with Gasteiger partial charge in [-0.1, -0.05) is 20.8 Å². The number of halogens is 2. The molecule has 0 amide bonds. The Bertz CT molecular complexity index is 2190. The summed E-state index contributed by atoms with van der Waals surface area (Å²) in [6, 6.07) is 10.9. The van der Waals surface area contributed by atoms with Crippen LogP contribution in [-0.2, 0) is 16.6 Å². The molecule has 4 heterocycles. The first kappa shape index (κ1) is 31.2. The van der Waals surface area contributed by atoms with E-state index in [-0.39, 0.29) is 34.4 Å². The Hall–Kier alpha value is -4.79. The number of sulfonamides is 1. The Balaban J connectivity index is 1.37. The quantitative estimate of drug-likeness (QED) is 0.125. The average molecular weight is 647 g/mol. The lowest BCUT2D eigenvalue weighted by atomic mass is 9.91. The summed E-state index contributed by atoms with van der Waals surface area (Å²) in [5.41, 5.74) is 4.02. The van der Waals surface area contributed by atoms with Gasteiger partial charge in [0.2, 0.25) is 10.0 Å². The van der Waals surface area contributed by atoms with Gasteiger partial charge in [0.15, 0.2) is 5.82 Å². The monoisotopic (exact) mass is 646 g/mol.